The van der Waals surface area contributed by atoms with Crippen LogP contribution in [0.3, 0.4) is 0 Å². The van der Waals surface area contributed by atoms with Gasteiger partial charge in [0.15, 0.2) is 5.96 Å². The lowest BCUT2D eigenvalue weighted by Crippen LogP contribution is -2.47. The van der Waals surface area contributed by atoms with E-state index in [4.69, 9.17) is 4.99 Å². The Bertz CT molecular complexity index is 988. The van der Waals surface area contributed by atoms with Gasteiger partial charge in [-0.15, -0.1) is 0 Å². The number of aliphatic imine (C=N–C) groups is 1. The van der Waals surface area contributed by atoms with Gasteiger partial charge in [-0.25, -0.2) is 4.99 Å². The van der Waals surface area contributed by atoms with Crippen molar-refractivity contribution < 1.29 is 9.59 Å². The molecule has 0 aliphatic carbocycles. The van der Waals surface area contributed by atoms with Crippen LogP contribution in [0.4, 0.5) is 11.4 Å². The van der Waals surface area contributed by atoms with Crippen molar-refractivity contribution in [1.29, 1.82) is 0 Å². The van der Waals surface area contributed by atoms with Crippen molar-refractivity contribution in [2.75, 3.05) is 42.9 Å². The number of amides is 2. The van der Waals surface area contributed by atoms with E-state index in [0.29, 0.717) is 32.6 Å². The van der Waals surface area contributed by atoms with E-state index in [9.17, 15) is 9.59 Å². The first-order valence-electron chi connectivity index (χ1n) is 11.1. The number of fused-ring (bicyclic) bond motifs is 1. The van der Waals surface area contributed by atoms with Gasteiger partial charge in [0.25, 0.3) is 0 Å². The first-order valence-corrected chi connectivity index (χ1v) is 11.1. The molecule has 0 saturated carbocycles. The Kier molecular flexibility index (Phi) is 6.89. The highest BCUT2D eigenvalue weighted by Gasteiger charge is 2.24. The molecule has 2 amide bonds. The molecule has 2 aromatic carbocycles. The Morgan fingerprint density at radius 3 is 2.69 bits per heavy atom. The maximum atomic E-state index is 12.1. The van der Waals surface area contributed by atoms with Gasteiger partial charge in [0.05, 0.1) is 13.1 Å². The van der Waals surface area contributed by atoms with Crippen LogP contribution in [0.5, 0.6) is 0 Å². The second kappa shape index (κ2) is 10.2. The molecule has 1 saturated heterocycles. The molecule has 4 N–H and O–H groups in total. The van der Waals surface area contributed by atoms with Gasteiger partial charge in [-0.1, -0.05) is 30.3 Å². The summed E-state index contributed by atoms with van der Waals surface area (Å²) in [7, 11) is 0. The summed E-state index contributed by atoms with van der Waals surface area (Å²) in [5.41, 5.74) is 4.18. The minimum Gasteiger partial charge on any atom is -0.360 e. The number of carbonyl (C=O) groups excluding carboxylic acids is 2. The van der Waals surface area contributed by atoms with Crippen LogP contribution in [-0.2, 0) is 16.1 Å². The summed E-state index contributed by atoms with van der Waals surface area (Å²) < 4.78 is 0. The van der Waals surface area contributed by atoms with Crippen LogP contribution in [0, 0.1) is 0 Å². The minimum absolute atomic E-state index is 0.0451. The van der Waals surface area contributed by atoms with Crippen molar-refractivity contribution >= 4 is 29.1 Å². The van der Waals surface area contributed by atoms with Crippen LogP contribution in [0.25, 0.3) is 0 Å². The number of rotatable bonds is 6. The highest BCUT2D eigenvalue weighted by molar-refractivity contribution is 5.94. The van der Waals surface area contributed by atoms with Crippen LogP contribution >= 0.6 is 0 Å². The summed E-state index contributed by atoms with van der Waals surface area (Å²) in [6.07, 6.45) is 0.458. The fourth-order valence-electron chi connectivity index (χ4n) is 4.09. The third kappa shape index (κ3) is 5.38. The van der Waals surface area contributed by atoms with Gasteiger partial charge < -0.3 is 26.2 Å². The van der Waals surface area contributed by atoms with Crippen LogP contribution in [0.2, 0.25) is 0 Å². The van der Waals surface area contributed by atoms with Crippen molar-refractivity contribution in [2.45, 2.75) is 25.8 Å². The Morgan fingerprint density at radius 2 is 1.91 bits per heavy atom. The van der Waals surface area contributed by atoms with Gasteiger partial charge in [-0.2, -0.15) is 0 Å². The van der Waals surface area contributed by atoms with E-state index in [1.165, 1.54) is 0 Å². The Balaban J connectivity index is 1.37. The standard InChI is InChI=1S/C24H30N6O2/c1-2-25-24(28-15-18-13-22(31)29-21-6-4-3-5-20(18)21)27-14-17-7-9-19(10-8-17)30-12-11-26-23(32)16-30/h3-10,18H,2,11-16H2,1H3,(H,26,32)(H,29,31)(H2,25,27,28). The number of para-hydroxylation sites is 1. The van der Waals surface area contributed by atoms with Crippen LogP contribution in [0.1, 0.15) is 30.4 Å². The fourth-order valence-corrected chi connectivity index (χ4v) is 4.09. The number of anilines is 2. The number of carbonyl (C=O) groups is 2. The monoisotopic (exact) mass is 434 g/mol. The summed E-state index contributed by atoms with van der Waals surface area (Å²) in [6.45, 7) is 5.85. The van der Waals surface area contributed by atoms with Crippen molar-refractivity contribution in [2.24, 2.45) is 4.99 Å². The van der Waals surface area contributed by atoms with Crippen LogP contribution in [0.15, 0.2) is 53.5 Å². The van der Waals surface area contributed by atoms with E-state index in [1.54, 1.807) is 0 Å². The predicted octanol–water partition coefficient (Wildman–Crippen LogP) is 1.80. The molecule has 2 aliphatic heterocycles. The first kappa shape index (κ1) is 21.7. The number of benzene rings is 2. The molecule has 2 aromatic rings. The Hall–Kier alpha value is -3.55. The largest absolute Gasteiger partial charge is 0.360 e. The summed E-state index contributed by atoms with van der Waals surface area (Å²) in [6, 6.07) is 16.1. The average Bonchev–Trinajstić information content (AvgIpc) is 2.81. The van der Waals surface area contributed by atoms with E-state index in [1.807, 2.05) is 37.3 Å². The Labute approximate surface area is 188 Å². The van der Waals surface area contributed by atoms with Gasteiger partial charge >= 0.3 is 0 Å². The highest BCUT2D eigenvalue weighted by Crippen LogP contribution is 2.31. The van der Waals surface area contributed by atoms with E-state index < -0.39 is 0 Å². The molecular formula is C24H30N6O2. The lowest BCUT2D eigenvalue weighted by Gasteiger charge is -2.28. The topological polar surface area (TPSA) is 97.9 Å². The van der Waals surface area contributed by atoms with Crippen molar-refractivity contribution in [1.82, 2.24) is 16.0 Å². The van der Waals surface area contributed by atoms with E-state index in [0.717, 1.165) is 41.6 Å². The molecule has 32 heavy (non-hydrogen) atoms. The molecule has 1 unspecified atom stereocenters. The Morgan fingerprint density at radius 1 is 1.09 bits per heavy atom. The lowest BCUT2D eigenvalue weighted by atomic mass is 9.90. The van der Waals surface area contributed by atoms with Crippen molar-refractivity contribution in [3.63, 3.8) is 0 Å². The predicted molar refractivity (Wildman–Crippen MR) is 127 cm³/mol. The summed E-state index contributed by atoms with van der Waals surface area (Å²) in [5.74, 6) is 0.936. The average molecular weight is 435 g/mol. The number of guanidine groups is 1. The molecule has 168 valence electrons. The first-order chi connectivity index (χ1) is 15.6. The minimum atomic E-state index is 0.0451. The van der Waals surface area contributed by atoms with Crippen LogP contribution < -0.4 is 26.2 Å². The van der Waals surface area contributed by atoms with Gasteiger partial charge in [0, 0.05) is 49.9 Å². The third-order valence-corrected chi connectivity index (χ3v) is 5.73. The molecule has 1 fully saturated rings. The lowest BCUT2D eigenvalue weighted by molar-refractivity contribution is -0.120. The molecule has 1 atom stereocenters. The SMILES string of the molecule is CCNC(=NCc1ccc(N2CCNC(=O)C2)cc1)NCC1CC(=O)Nc2ccccc21. The molecule has 0 spiro atoms. The highest BCUT2D eigenvalue weighted by atomic mass is 16.2. The van der Waals surface area contributed by atoms with E-state index in [2.05, 4.69) is 44.4 Å². The van der Waals surface area contributed by atoms with Gasteiger partial charge in [0.2, 0.25) is 11.8 Å². The summed E-state index contributed by atoms with van der Waals surface area (Å²) >= 11 is 0. The zero-order valence-electron chi connectivity index (χ0n) is 18.4. The molecule has 8 heteroatoms. The van der Waals surface area contributed by atoms with Gasteiger partial charge in [0.1, 0.15) is 0 Å². The van der Waals surface area contributed by atoms with Crippen LogP contribution in [-0.4, -0.2) is 50.5 Å². The molecule has 0 radical (unpaired) electrons. The smallest absolute Gasteiger partial charge is 0.239 e. The van der Waals surface area contributed by atoms with E-state index >= 15 is 0 Å². The summed E-state index contributed by atoms with van der Waals surface area (Å²) in [4.78, 5) is 30.5. The number of nitrogens with one attached hydrogen (secondary N) is 4. The molecular weight excluding hydrogens is 404 g/mol. The normalized spacial score (nSPS) is 18.5. The van der Waals surface area contributed by atoms with Crippen molar-refractivity contribution in [3.8, 4) is 0 Å². The maximum absolute atomic E-state index is 12.1. The molecule has 0 bridgehead atoms. The molecule has 8 nitrogen and oxygen atoms in total. The van der Waals surface area contributed by atoms with Gasteiger partial charge in [-0.05, 0) is 36.2 Å². The number of hydrogen-bond donors (Lipinski definition) is 4. The second-order valence-electron chi connectivity index (χ2n) is 8.05. The number of nitrogens with zero attached hydrogens (tertiary/aromatic N) is 2. The molecule has 0 aromatic heterocycles. The number of hydrogen-bond acceptors (Lipinski definition) is 4. The quantitative estimate of drug-likeness (QED) is 0.411. The van der Waals surface area contributed by atoms with Gasteiger partial charge in [-0.3, -0.25) is 9.59 Å². The molecule has 2 heterocycles. The number of piperazine rings is 1. The zero-order chi connectivity index (χ0) is 22.3. The maximum Gasteiger partial charge on any atom is 0.239 e. The zero-order valence-corrected chi connectivity index (χ0v) is 18.4. The second-order valence-corrected chi connectivity index (χ2v) is 8.05. The fraction of sp³-hybridized carbons (Fsp3) is 0.375. The summed E-state index contributed by atoms with van der Waals surface area (Å²) in [5, 5.41) is 12.5. The molecule has 2 aliphatic rings. The van der Waals surface area contributed by atoms with E-state index in [-0.39, 0.29) is 17.7 Å². The van der Waals surface area contributed by atoms with Crippen molar-refractivity contribution in [3.05, 3.63) is 59.7 Å². The molecule has 4 rings (SSSR count). The third-order valence-electron chi connectivity index (χ3n) is 5.73.